The molecule has 0 spiro atoms. The highest BCUT2D eigenvalue weighted by molar-refractivity contribution is 5.81. The van der Waals surface area contributed by atoms with Gasteiger partial charge in [0.05, 0.1) is 7.11 Å². The number of halogens is 2. The van der Waals surface area contributed by atoms with Crippen molar-refractivity contribution in [2.45, 2.75) is 37.6 Å². The molecule has 1 rings (SSSR count). The van der Waals surface area contributed by atoms with E-state index in [0.29, 0.717) is 12.8 Å². The second-order valence-corrected chi connectivity index (χ2v) is 3.71. The Morgan fingerprint density at radius 1 is 1.50 bits per heavy atom. The number of methoxy groups -OCH3 is 1. The number of esters is 1. The van der Waals surface area contributed by atoms with Gasteiger partial charge in [0, 0.05) is 0 Å². The van der Waals surface area contributed by atoms with Gasteiger partial charge in [0.15, 0.2) is 5.54 Å². The van der Waals surface area contributed by atoms with Gasteiger partial charge in [0.1, 0.15) is 0 Å². The van der Waals surface area contributed by atoms with Crippen LogP contribution in [0.4, 0.5) is 8.78 Å². The van der Waals surface area contributed by atoms with Crippen molar-refractivity contribution < 1.29 is 18.3 Å². The van der Waals surface area contributed by atoms with E-state index in [2.05, 4.69) is 4.74 Å². The molecule has 3 nitrogen and oxygen atoms in total. The number of alkyl halides is 2. The minimum atomic E-state index is -2.86. The predicted octanol–water partition coefficient (Wildman–Crippen LogP) is 1.31. The Morgan fingerprint density at radius 2 is 2.00 bits per heavy atom. The second-order valence-electron chi connectivity index (χ2n) is 3.71. The van der Waals surface area contributed by atoms with Gasteiger partial charge in [-0.25, -0.2) is 13.6 Å². The molecule has 0 aliphatic heterocycles. The van der Waals surface area contributed by atoms with Crippen molar-refractivity contribution in [3.63, 3.8) is 0 Å². The normalized spacial score (nSPS) is 22.4. The molecule has 1 unspecified atom stereocenters. The summed E-state index contributed by atoms with van der Waals surface area (Å²) >= 11 is 0. The molecule has 0 amide bonds. The van der Waals surface area contributed by atoms with Crippen LogP contribution in [-0.2, 0) is 9.53 Å². The van der Waals surface area contributed by atoms with E-state index in [1.807, 2.05) is 0 Å². The summed E-state index contributed by atoms with van der Waals surface area (Å²) in [6, 6.07) is 0. The maximum absolute atomic E-state index is 12.7. The molecular weight excluding hydrogens is 192 g/mol. The summed E-state index contributed by atoms with van der Waals surface area (Å²) in [6.45, 7) is 0. The van der Waals surface area contributed by atoms with Gasteiger partial charge in [0.25, 0.3) is 6.43 Å². The summed E-state index contributed by atoms with van der Waals surface area (Å²) < 4.78 is 29.8. The van der Waals surface area contributed by atoms with Gasteiger partial charge in [-0.2, -0.15) is 0 Å². The standard InChI is InChI=1S/C9H15F2NO2/c1-14-8(13)9(12,7(10)11)6-4-2-3-5-6/h6-7H,2-5,12H2,1H3. The third kappa shape index (κ3) is 1.73. The molecule has 82 valence electrons. The van der Waals surface area contributed by atoms with Crippen LogP contribution < -0.4 is 5.73 Å². The largest absolute Gasteiger partial charge is 0.467 e. The van der Waals surface area contributed by atoms with E-state index >= 15 is 0 Å². The summed E-state index contributed by atoms with van der Waals surface area (Å²) in [5, 5.41) is 0. The number of nitrogens with two attached hydrogens (primary N) is 1. The smallest absolute Gasteiger partial charge is 0.332 e. The van der Waals surface area contributed by atoms with E-state index in [9.17, 15) is 13.6 Å². The lowest BCUT2D eigenvalue weighted by atomic mass is 9.84. The zero-order valence-corrected chi connectivity index (χ0v) is 8.13. The van der Waals surface area contributed by atoms with Crippen LogP contribution in [-0.4, -0.2) is 25.0 Å². The quantitative estimate of drug-likeness (QED) is 0.710. The molecule has 14 heavy (non-hydrogen) atoms. The predicted molar refractivity (Wildman–Crippen MR) is 46.9 cm³/mol. The molecule has 0 aromatic carbocycles. The van der Waals surface area contributed by atoms with Crippen LogP contribution in [0.25, 0.3) is 0 Å². The molecule has 0 saturated heterocycles. The number of carbonyl (C=O) groups excluding carboxylic acids is 1. The van der Waals surface area contributed by atoms with Crippen LogP contribution in [0.5, 0.6) is 0 Å². The minimum Gasteiger partial charge on any atom is -0.467 e. The molecule has 1 aliphatic rings. The first-order chi connectivity index (χ1) is 6.53. The van der Waals surface area contributed by atoms with Gasteiger partial charge >= 0.3 is 5.97 Å². The minimum absolute atomic E-state index is 0.449. The van der Waals surface area contributed by atoms with Crippen LogP contribution in [0.3, 0.4) is 0 Å². The molecule has 0 heterocycles. The average Bonchev–Trinajstić information content (AvgIpc) is 2.68. The molecule has 0 radical (unpaired) electrons. The number of hydrogen-bond acceptors (Lipinski definition) is 3. The van der Waals surface area contributed by atoms with Crippen molar-refractivity contribution in [2.24, 2.45) is 11.7 Å². The number of hydrogen-bond donors (Lipinski definition) is 1. The van der Waals surface area contributed by atoms with E-state index in [-0.39, 0.29) is 0 Å². The zero-order chi connectivity index (χ0) is 10.8. The highest BCUT2D eigenvalue weighted by Crippen LogP contribution is 2.36. The summed E-state index contributed by atoms with van der Waals surface area (Å²) in [5.74, 6) is -1.45. The molecule has 0 aromatic heterocycles. The van der Waals surface area contributed by atoms with Crippen LogP contribution >= 0.6 is 0 Å². The molecule has 1 aliphatic carbocycles. The van der Waals surface area contributed by atoms with E-state index in [4.69, 9.17) is 5.73 Å². The second kappa shape index (κ2) is 4.21. The Labute approximate surface area is 81.6 Å². The molecule has 1 saturated carbocycles. The molecule has 5 heteroatoms. The Balaban J connectivity index is 2.85. The Morgan fingerprint density at radius 3 is 2.36 bits per heavy atom. The van der Waals surface area contributed by atoms with Gasteiger partial charge in [0.2, 0.25) is 0 Å². The van der Waals surface area contributed by atoms with E-state index in [1.54, 1.807) is 0 Å². The van der Waals surface area contributed by atoms with Crippen molar-refractivity contribution in [2.75, 3.05) is 7.11 Å². The third-order valence-corrected chi connectivity index (χ3v) is 2.93. The van der Waals surface area contributed by atoms with Gasteiger partial charge in [-0.3, -0.25) is 0 Å². The lowest BCUT2D eigenvalue weighted by Gasteiger charge is -2.31. The van der Waals surface area contributed by atoms with Gasteiger partial charge in [-0.05, 0) is 18.8 Å². The van der Waals surface area contributed by atoms with E-state index in [0.717, 1.165) is 20.0 Å². The first-order valence-electron chi connectivity index (χ1n) is 4.69. The van der Waals surface area contributed by atoms with Crippen molar-refractivity contribution in [1.82, 2.24) is 0 Å². The van der Waals surface area contributed by atoms with E-state index < -0.39 is 23.9 Å². The maximum Gasteiger partial charge on any atom is 0.332 e. The SMILES string of the molecule is COC(=O)C(N)(C(F)F)C1CCCC1. The van der Waals surface area contributed by atoms with Crippen molar-refractivity contribution in [3.05, 3.63) is 0 Å². The monoisotopic (exact) mass is 207 g/mol. The molecule has 2 N–H and O–H groups in total. The van der Waals surface area contributed by atoms with Crippen molar-refractivity contribution in [1.29, 1.82) is 0 Å². The number of rotatable bonds is 3. The first kappa shape index (κ1) is 11.4. The van der Waals surface area contributed by atoms with Crippen LogP contribution in [0, 0.1) is 5.92 Å². The Hall–Kier alpha value is -0.710. The Bertz CT molecular complexity index is 217. The molecule has 0 aromatic rings. The van der Waals surface area contributed by atoms with Crippen molar-refractivity contribution in [3.8, 4) is 0 Å². The van der Waals surface area contributed by atoms with E-state index in [1.165, 1.54) is 0 Å². The molecular formula is C9H15F2NO2. The highest BCUT2D eigenvalue weighted by atomic mass is 19.3. The maximum atomic E-state index is 12.7. The number of ether oxygens (including phenoxy) is 1. The van der Waals surface area contributed by atoms with Crippen LogP contribution in [0.1, 0.15) is 25.7 Å². The summed E-state index contributed by atoms with van der Waals surface area (Å²) in [4.78, 5) is 11.2. The average molecular weight is 207 g/mol. The van der Waals surface area contributed by atoms with Crippen LogP contribution in [0.15, 0.2) is 0 Å². The van der Waals surface area contributed by atoms with Gasteiger partial charge < -0.3 is 10.5 Å². The first-order valence-corrected chi connectivity index (χ1v) is 4.69. The third-order valence-electron chi connectivity index (χ3n) is 2.93. The van der Waals surface area contributed by atoms with Gasteiger partial charge in [-0.15, -0.1) is 0 Å². The fourth-order valence-corrected chi connectivity index (χ4v) is 2.01. The zero-order valence-electron chi connectivity index (χ0n) is 8.13. The fraction of sp³-hybridized carbons (Fsp3) is 0.889. The molecule has 1 atom stereocenters. The van der Waals surface area contributed by atoms with Crippen molar-refractivity contribution >= 4 is 5.97 Å². The lowest BCUT2D eigenvalue weighted by molar-refractivity contribution is -0.157. The highest BCUT2D eigenvalue weighted by Gasteiger charge is 2.51. The van der Waals surface area contributed by atoms with Crippen LogP contribution in [0.2, 0.25) is 0 Å². The summed E-state index contributed by atoms with van der Waals surface area (Å²) in [6.07, 6.45) is 0.00468. The topological polar surface area (TPSA) is 52.3 Å². The Kier molecular flexibility index (Phi) is 3.42. The molecule has 1 fully saturated rings. The summed E-state index contributed by atoms with van der Waals surface area (Å²) in [5.41, 5.74) is 3.37. The van der Waals surface area contributed by atoms with Gasteiger partial charge in [-0.1, -0.05) is 12.8 Å². The molecule has 0 bridgehead atoms. The summed E-state index contributed by atoms with van der Waals surface area (Å²) in [7, 11) is 1.08. The lowest BCUT2D eigenvalue weighted by Crippen LogP contribution is -2.59. The number of carbonyl (C=O) groups is 1. The fourth-order valence-electron chi connectivity index (χ4n) is 2.01.